The summed E-state index contributed by atoms with van der Waals surface area (Å²) in [6, 6.07) is 0. The number of esters is 1. The predicted octanol–water partition coefficient (Wildman–Crippen LogP) is -6.72. The Labute approximate surface area is 258 Å². The van der Waals surface area contributed by atoms with E-state index in [9.17, 15) is 84.9 Å². The second-order valence-corrected chi connectivity index (χ2v) is 9.40. The zero-order chi connectivity index (χ0) is 35.5. The zero-order valence-electron chi connectivity index (χ0n) is 23.8. The zero-order valence-corrected chi connectivity index (χ0v) is 23.8. The molecule has 0 spiro atoms. The lowest BCUT2D eigenvalue weighted by atomic mass is 9.76. The molecule has 0 bridgehead atoms. The van der Waals surface area contributed by atoms with Crippen LogP contribution >= 0.6 is 0 Å². The maximum atomic E-state index is 13.5. The van der Waals surface area contributed by atoms with Crippen molar-refractivity contribution >= 4 is 41.0 Å². The fourth-order valence-corrected chi connectivity index (χ4v) is 3.87. The minimum absolute atomic E-state index is 0.362. The van der Waals surface area contributed by atoms with Gasteiger partial charge in [-0.2, -0.15) is 0 Å². The molecule has 1 aromatic rings. The van der Waals surface area contributed by atoms with Gasteiger partial charge in [-0.15, -0.1) is 0 Å². The number of carbonyl (C=O) groups is 6. The van der Waals surface area contributed by atoms with Gasteiger partial charge < -0.3 is 66.0 Å². The average molecular weight is 663 g/mol. The molecule has 6 atom stereocenters. The molecule has 0 radical (unpaired) electrons. The molecule has 6 unspecified atom stereocenters. The number of aliphatic hydroxyl groups excluding tert-OH is 12. The molecule has 0 fully saturated rings. The highest BCUT2D eigenvalue weighted by Crippen LogP contribution is 2.35. The van der Waals surface area contributed by atoms with Crippen LogP contribution < -0.4 is 0 Å². The minimum atomic E-state index is -2.58. The fourth-order valence-electron chi connectivity index (χ4n) is 3.87. The summed E-state index contributed by atoms with van der Waals surface area (Å²) in [5, 5.41) is 117. The Morgan fingerprint density at radius 3 is 1.04 bits per heavy atom. The molecule has 12 N–H and O–H groups in total. The highest BCUT2D eigenvalue weighted by atomic mass is 16.5. The van der Waals surface area contributed by atoms with Crippen LogP contribution in [0.3, 0.4) is 0 Å². The molecule has 0 aliphatic heterocycles. The number of rotatable bonds is 20. The van der Waals surface area contributed by atoms with Crippen molar-refractivity contribution in [1.29, 1.82) is 0 Å². The smallest absolute Gasteiger partial charge is 0.330 e. The SMILES string of the molecule is O=C(C=Cc1c(C(=O)C(O)CO)c(C(=O)C(O)CO)c(C(=O)C(O)CO)c(C(=O)C(O)CO)c1C(=O)C(O)CO)OCC(O)CO. The van der Waals surface area contributed by atoms with Crippen LogP contribution in [-0.2, 0) is 9.53 Å². The normalized spacial score (nSPS) is 15.5. The van der Waals surface area contributed by atoms with E-state index in [0.29, 0.717) is 12.2 Å². The lowest BCUT2D eigenvalue weighted by Crippen LogP contribution is -2.39. The van der Waals surface area contributed by atoms with Crippen LogP contribution in [0.25, 0.3) is 6.08 Å². The van der Waals surface area contributed by atoms with Crippen LogP contribution in [0.1, 0.15) is 57.4 Å². The van der Waals surface area contributed by atoms with Gasteiger partial charge in [0.15, 0.2) is 28.9 Å². The third-order valence-electron chi connectivity index (χ3n) is 6.16. The average Bonchev–Trinajstić information content (AvgIpc) is 3.07. The lowest BCUT2D eigenvalue weighted by molar-refractivity contribution is -0.141. The highest BCUT2D eigenvalue weighted by Gasteiger charge is 2.42. The minimum Gasteiger partial charge on any atom is -0.460 e. The van der Waals surface area contributed by atoms with Crippen molar-refractivity contribution in [2.45, 2.75) is 36.6 Å². The molecule has 0 saturated heterocycles. The second kappa shape index (κ2) is 18.4. The lowest BCUT2D eigenvalue weighted by Gasteiger charge is -2.26. The highest BCUT2D eigenvalue weighted by molar-refractivity contribution is 6.28. The monoisotopic (exact) mass is 662 g/mol. The Bertz CT molecular complexity index is 1270. The first-order chi connectivity index (χ1) is 21.6. The molecular weight excluding hydrogens is 628 g/mol. The molecule has 19 nitrogen and oxygen atoms in total. The van der Waals surface area contributed by atoms with Crippen LogP contribution in [0.4, 0.5) is 0 Å². The van der Waals surface area contributed by atoms with Crippen molar-refractivity contribution < 1.29 is 94.8 Å². The number of benzene rings is 1. The maximum Gasteiger partial charge on any atom is 0.330 e. The molecule has 1 aromatic carbocycles. The van der Waals surface area contributed by atoms with Gasteiger partial charge in [0.1, 0.15) is 43.2 Å². The van der Waals surface area contributed by atoms with Crippen LogP contribution in [0.2, 0.25) is 0 Å². The molecule has 0 saturated carbocycles. The van der Waals surface area contributed by atoms with E-state index in [0.717, 1.165) is 0 Å². The second-order valence-electron chi connectivity index (χ2n) is 9.40. The van der Waals surface area contributed by atoms with E-state index in [1.54, 1.807) is 0 Å². The molecule has 0 aromatic heterocycles. The first kappa shape index (κ1) is 40.3. The summed E-state index contributed by atoms with van der Waals surface area (Å²) in [6.07, 6.45) is -13.6. The molecule has 256 valence electrons. The molecule has 1 rings (SSSR count). The first-order valence-electron chi connectivity index (χ1n) is 13.1. The van der Waals surface area contributed by atoms with E-state index in [2.05, 4.69) is 4.74 Å². The van der Waals surface area contributed by atoms with Gasteiger partial charge in [-0.05, 0) is 11.6 Å². The molecule has 46 heavy (non-hydrogen) atoms. The number of carbonyl (C=O) groups excluding carboxylic acids is 6. The quantitative estimate of drug-likeness (QED) is 0.0350. The van der Waals surface area contributed by atoms with Crippen molar-refractivity contribution in [3.05, 3.63) is 39.5 Å². The van der Waals surface area contributed by atoms with E-state index < -0.39 is 151 Å². The van der Waals surface area contributed by atoms with Crippen molar-refractivity contribution in [3.63, 3.8) is 0 Å². The van der Waals surface area contributed by atoms with E-state index in [4.69, 9.17) is 5.11 Å². The van der Waals surface area contributed by atoms with Gasteiger partial charge in [-0.1, -0.05) is 0 Å². The molecule has 0 aliphatic rings. The van der Waals surface area contributed by atoms with Crippen LogP contribution in [0.15, 0.2) is 6.08 Å². The summed E-state index contributed by atoms with van der Waals surface area (Å²) < 4.78 is 4.65. The summed E-state index contributed by atoms with van der Waals surface area (Å²) in [4.78, 5) is 79.7. The summed E-state index contributed by atoms with van der Waals surface area (Å²) in [7, 11) is 0. The Morgan fingerprint density at radius 2 is 0.761 bits per heavy atom. The van der Waals surface area contributed by atoms with Crippen molar-refractivity contribution in [2.24, 2.45) is 0 Å². The van der Waals surface area contributed by atoms with Gasteiger partial charge in [0.25, 0.3) is 0 Å². The van der Waals surface area contributed by atoms with Gasteiger partial charge in [-0.3, -0.25) is 24.0 Å². The maximum absolute atomic E-state index is 13.5. The Balaban J connectivity index is 4.80. The number of hydrogen-bond acceptors (Lipinski definition) is 19. The number of aliphatic hydroxyl groups is 12. The largest absolute Gasteiger partial charge is 0.460 e. The number of hydrogen-bond donors (Lipinski definition) is 12. The van der Waals surface area contributed by atoms with Crippen molar-refractivity contribution in [2.75, 3.05) is 46.2 Å². The molecule has 0 amide bonds. The van der Waals surface area contributed by atoms with E-state index in [1.165, 1.54) is 0 Å². The predicted molar refractivity (Wildman–Crippen MR) is 147 cm³/mol. The van der Waals surface area contributed by atoms with Gasteiger partial charge in [0, 0.05) is 33.9 Å². The molecule has 0 heterocycles. The first-order valence-corrected chi connectivity index (χ1v) is 13.1. The third-order valence-corrected chi connectivity index (χ3v) is 6.16. The van der Waals surface area contributed by atoms with Crippen molar-refractivity contribution in [3.8, 4) is 0 Å². The Kier molecular flexibility index (Phi) is 16.2. The van der Waals surface area contributed by atoms with Crippen LogP contribution in [-0.4, -0.2) is 179 Å². The molecule has 19 heteroatoms. The number of ether oxygens (including phenoxy) is 1. The van der Waals surface area contributed by atoms with E-state index in [-0.39, 0.29) is 0 Å². The summed E-state index contributed by atoms with van der Waals surface area (Å²) in [5.74, 6) is -10.5. The number of Topliss-reactive ketones (excluding diaryl/α,β-unsaturated/α-hetero) is 5. The van der Waals surface area contributed by atoms with E-state index in [1.807, 2.05) is 0 Å². The fraction of sp³-hybridized carbons (Fsp3) is 0.481. The summed E-state index contributed by atoms with van der Waals surface area (Å²) in [5.41, 5.74) is -8.34. The summed E-state index contributed by atoms with van der Waals surface area (Å²) in [6.45, 7) is -8.87. The van der Waals surface area contributed by atoms with Gasteiger partial charge in [0.05, 0.1) is 39.6 Å². The Hall–Kier alpha value is -3.70. The van der Waals surface area contributed by atoms with Gasteiger partial charge in [-0.25, -0.2) is 4.79 Å². The standard InChI is InChI=1S/C27H34O19/c28-3-10(34)9-46-17(40)2-1-11-18(23(41)12(35)4-29)20(25(43)14(37)6-31)22(27(45)16(39)8-33)21(26(44)15(38)7-32)19(11)24(42)13(36)5-30/h1-2,10,12-16,28-39H,3-9H2. The van der Waals surface area contributed by atoms with Crippen LogP contribution in [0, 0.1) is 0 Å². The van der Waals surface area contributed by atoms with Crippen molar-refractivity contribution in [1.82, 2.24) is 0 Å². The third kappa shape index (κ3) is 9.19. The van der Waals surface area contributed by atoms with E-state index >= 15 is 0 Å². The van der Waals surface area contributed by atoms with Crippen LogP contribution in [0.5, 0.6) is 0 Å². The summed E-state index contributed by atoms with van der Waals surface area (Å²) >= 11 is 0. The Morgan fingerprint density at radius 1 is 0.478 bits per heavy atom. The van der Waals surface area contributed by atoms with Gasteiger partial charge in [0.2, 0.25) is 0 Å². The number of ketones is 5. The topological polar surface area (TPSA) is 354 Å². The molecular formula is C27H34O19. The molecule has 0 aliphatic carbocycles. The van der Waals surface area contributed by atoms with Gasteiger partial charge >= 0.3 is 5.97 Å².